The van der Waals surface area contributed by atoms with E-state index in [0.717, 1.165) is 23.0 Å². The van der Waals surface area contributed by atoms with Gasteiger partial charge in [0.25, 0.3) is 12.2 Å². The highest BCUT2D eigenvalue weighted by molar-refractivity contribution is 5.48. The molecule has 0 saturated heterocycles. The molecular weight excluding hydrogens is 404 g/mol. The molecule has 2 aromatic heterocycles. The van der Waals surface area contributed by atoms with Crippen LogP contribution in [0.4, 0.5) is 32.2 Å². The van der Waals surface area contributed by atoms with Crippen LogP contribution in [-0.4, -0.2) is 30.3 Å². The summed E-state index contributed by atoms with van der Waals surface area (Å²) in [6.07, 6.45) is -6.74. The summed E-state index contributed by atoms with van der Waals surface area (Å²) in [4.78, 5) is 7.38. The first-order chi connectivity index (χ1) is 13.4. The number of alkyl halides is 5. The van der Waals surface area contributed by atoms with Crippen molar-refractivity contribution in [3.8, 4) is 0 Å². The van der Waals surface area contributed by atoms with Crippen LogP contribution in [0, 0.1) is 5.82 Å². The van der Waals surface area contributed by atoms with Crippen LogP contribution in [0.15, 0.2) is 30.6 Å². The van der Waals surface area contributed by atoms with Crippen LogP contribution in [0.3, 0.4) is 0 Å². The highest BCUT2D eigenvalue weighted by Gasteiger charge is 2.36. The lowest BCUT2D eigenvalue weighted by atomic mass is 9.91. The van der Waals surface area contributed by atoms with Crippen LogP contribution in [0.25, 0.3) is 5.78 Å². The van der Waals surface area contributed by atoms with Crippen LogP contribution in [-0.2, 0) is 6.18 Å². The second kappa shape index (κ2) is 7.17. The molecule has 1 unspecified atom stereocenters. The number of aromatic nitrogens is 4. The van der Waals surface area contributed by atoms with Gasteiger partial charge in [0.2, 0.25) is 0 Å². The molecule has 0 fully saturated rings. The van der Waals surface area contributed by atoms with E-state index < -0.39 is 41.3 Å². The minimum atomic E-state index is -4.88. The molecule has 1 atom stereocenters. The summed E-state index contributed by atoms with van der Waals surface area (Å²) in [6, 6.07) is 1.96. The number of halogens is 6. The summed E-state index contributed by atoms with van der Waals surface area (Å²) < 4.78 is 79.8. The Labute approximate surface area is 160 Å². The van der Waals surface area contributed by atoms with E-state index in [1.165, 1.54) is 13.8 Å². The lowest BCUT2D eigenvalue weighted by Gasteiger charge is -2.31. The predicted molar refractivity (Wildman–Crippen MR) is 89.8 cm³/mol. The summed E-state index contributed by atoms with van der Waals surface area (Å²) in [7, 11) is 0. The molecule has 2 heterocycles. The van der Waals surface area contributed by atoms with Crippen molar-refractivity contribution in [3.63, 3.8) is 0 Å². The molecule has 0 saturated carbocycles. The summed E-state index contributed by atoms with van der Waals surface area (Å²) in [5.74, 6) is -1.74. The van der Waals surface area contributed by atoms with Crippen molar-refractivity contribution in [2.45, 2.75) is 38.1 Å². The van der Waals surface area contributed by atoms with Gasteiger partial charge in [-0.05, 0) is 31.5 Å². The summed E-state index contributed by atoms with van der Waals surface area (Å²) >= 11 is 0. The molecule has 29 heavy (non-hydrogen) atoms. The van der Waals surface area contributed by atoms with Crippen molar-refractivity contribution in [1.29, 1.82) is 0 Å². The maximum Gasteiger partial charge on any atom is 0.419 e. The smallest absolute Gasteiger partial charge is 0.388 e. The number of fused-ring (bicyclic) bond motifs is 1. The fourth-order valence-electron chi connectivity index (χ4n) is 2.80. The van der Waals surface area contributed by atoms with Gasteiger partial charge in [-0.2, -0.15) is 27.8 Å². The third kappa shape index (κ3) is 4.26. The second-order valence-electron chi connectivity index (χ2n) is 6.81. The van der Waals surface area contributed by atoms with Crippen molar-refractivity contribution in [1.82, 2.24) is 19.6 Å². The Morgan fingerprint density at radius 2 is 1.83 bits per heavy atom. The molecule has 0 aliphatic rings. The van der Waals surface area contributed by atoms with E-state index in [0.29, 0.717) is 12.1 Å². The topological polar surface area (TPSA) is 75.3 Å². The van der Waals surface area contributed by atoms with Gasteiger partial charge in [-0.25, -0.2) is 18.2 Å². The molecule has 6 nitrogen and oxygen atoms in total. The van der Waals surface area contributed by atoms with Gasteiger partial charge in [0.05, 0.1) is 17.2 Å². The number of rotatable bonds is 5. The van der Waals surface area contributed by atoms with E-state index in [1.54, 1.807) is 0 Å². The molecule has 0 amide bonds. The van der Waals surface area contributed by atoms with Crippen molar-refractivity contribution >= 4 is 11.6 Å². The van der Waals surface area contributed by atoms with E-state index in [4.69, 9.17) is 0 Å². The Morgan fingerprint density at radius 1 is 1.14 bits per heavy atom. The van der Waals surface area contributed by atoms with Crippen molar-refractivity contribution in [2.24, 2.45) is 0 Å². The van der Waals surface area contributed by atoms with Crippen LogP contribution >= 0.6 is 0 Å². The van der Waals surface area contributed by atoms with Crippen molar-refractivity contribution in [2.75, 3.05) is 5.32 Å². The number of hydrogen-bond acceptors (Lipinski definition) is 5. The van der Waals surface area contributed by atoms with E-state index in [1.807, 2.05) is 0 Å². The predicted octanol–water partition coefficient (Wildman–Crippen LogP) is 4.14. The molecule has 1 aromatic carbocycles. The molecule has 0 aliphatic heterocycles. The fourth-order valence-corrected chi connectivity index (χ4v) is 2.80. The molecule has 12 heteroatoms. The molecule has 0 aliphatic carbocycles. The molecule has 0 radical (unpaired) electrons. The number of nitrogens with one attached hydrogen (secondary N) is 1. The van der Waals surface area contributed by atoms with Gasteiger partial charge in [0.15, 0.2) is 0 Å². The minimum Gasteiger partial charge on any atom is -0.388 e. The van der Waals surface area contributed by atoms with Crippen LogP contribution < -0.4 is 5.32 Å². The zero-order chi connectivity index (χ0) is 21.6. The van der Waals surface area contributed by atoms with Gasteiger partial charge in [-0.1, -0.05) is 6.07 Å². The van der Waals surface area contributed by atoms with Gasteiger partial charge in [-0.3, -0.25) is 0 Å². The highest BCUT2D eigenvalue weighted by atomic mass is 19.4. The van der Waals surface area contributed by atoms with Crippen molar-refractivity contribution in [3.05, 3.63) is 53.2 Å². The second-order valence-corrected chi connectivity index (χ2v) is 6.81. The Hall–Kier alpha value is -2.89. The van der Waals surface area contributed by atoms with Crippen molar-refractivity contribution < 1.29 is 31.4 Å². The fraction of sp³-hybridized carbons (Fsp3) is 0.353. The first-order valence-electron chi connectivity index (χ1n) is 8.22. The molecule has 3 aromatic rings. The van der Waals surface area contributed by atoms with Gasteiger partial charge >= 0.3 is 6.18 Å². The van der Waals surface area contributed by atoms with E-state index in [-0.39, 0.29) is 17.2 Å². The van der Waals surface area contributed by atoms with Crippen LogP contribution in [0.5, 0.6) is 0 Å². The van der Waals surface area contributed by atoms with E-state index in [2.05, 4.69) is 20.4 Å². The van der Waals surface area contributed by atoms with Gasteiger partial charge in [0.1, 0.15) is 23.7 Å². The largest absolute Gasteiger partial charge is 0.419 e. The average Bonchev–Trinajstić information content (AvgIpc) is 3.05. The van der Waals surface area contributed by atoms with Gasteiger partial charge in [-0.15, -0.1) is 0 Å². The monoisotopic (exact) mass is 419 g/mol. The normalized spacial score (nSPS) is 13.9. The van der Waals surface area contributed by atoms with E-state index >= 15 is 0 Å². The Bertz CT molecular complexity index is 1030. The highest BCUT2D eigenvalue weighted by Crippen LogP contribution is 2.35. The molecular formula is C17H15F6N5O. The zero-order valence-electron chi connectivity index (χ0n) is 15.0. The van der Waals surface area contributed by atoms with Crippen LogP contribution in [0.2, 0.25) is 0 Å². The number of nitrogens with zero attached hydrogens (tertiary/aromatic N) is 4. The quantitative estimate of drug-likeness (QED) is 0.608. The molecule has 0 bridgehead atoms. The molecule has 0 spiro atoms. The minimum absolute atomic E-state index is 0.0355. The Balaban J connectivity index is 2.08. The summed E-state index contributed by atoms with van der Waals surface area (Å²) in [5.41, 5.74) is -3.75. The summed E-state index contributed by atoms with van der Waals surface area (Å²) in [5, 5.41) is 17.1. The SMILES string of the molecule is CC(C)(O)C(Nc1cc(C(F)F)nc2ncnn12)c1ccc(C(F)(F)F)c(F)c1. The Kier molecular flexibility index (Phi) is 5.15. The van der Waals surface area contributed by atoms with Gasteiger partial charge < -0.3 is 10.4 Å². The maximum absolute atomic E-state index is 14.0. The average molecular weight is 419 g/mol. The third-order valence-electron chi connectivity index (χ3n) is 4.13. The first-order valence-corrected chi connectivity index (χ1v) is 8.22. The third-order valence-corrected chi connectivity index (χ3v) is 4.13. The number of benzene rings is 1. The number of aliphatic hydroxyl groups is 1. The van der Waals surface area contributed by atoms with Crippen LogP contribution in [0.1, 0.15) is 43.1 Å². The molecule has 3 rings (SSSR count). The molecule has 156 valence electrons. The number of anilines is 1. The standard InChI is InChI=1S/C17H15F6N5O/c1-16(2,29)13(8-3-4-9(10(18)5-8)17(21,22)23)27-12-6-11(14(19)20)26-15-24-7-25-28(12)15/h3-7,13-14,27,29H,1-2H3. The molecule has 2 N–H and O–H groups in total. The Morgan fingerprint density at radius 3 is 2.38 bits per heavy atom. The lowest BCUT2D eigenvalue weighted by molar-refractivity contribution is -0.140. The van der Waals surface area contributed by atoms with Gasteiger partial charge in [0, 0.05) is 6.07 Å². The number of hydrogen-bond donors (Lipinski definition) is 2. The summed E-state index contributed by atoms with van der Waals surface area (Å²) in [6.45, 7) is 2.65. The lowest BCUT2D eigenvalue weighted by Crippen LogP contribution is -2.35. The zero-order valence-corrected chi connectivity index (χ0v) is 15.0. The first kappa shape index (κ1) is 20.8. The maximum atomic E-state index is 14.0. The van der Waals surface area contributed by atoms with E-state index in [9.17, 15) is 31.4 Å².